The van der Waals surface area contributed by atoms with E-state index in [2.05, 4.69) is 16.0 Å². The number of esters is 1. The molecule has 4 N–H and O–H groups in total. The van der Waals surface area contributed by atoms with Crippen molar-refractivity contribution in [3.8, 4) is 17.1 Å². The Morgan fingerprint density at radius 1 is 1.07 bits per heavy atom. The molecular formula is C41H36FN6O11-. The number of amides is 5. The molecule has 0 spiro atoms. The molecule has 8 rings (SSSR count). The Morgan fingerprint density at radius 2 is 1.83 bits per heavy atom. The van der Waals surface area contributed by atoms with Crippen molar-refractivity contribution in [2.24, 2.45) is 0 Å². The van der Waals surface area contributed by atoms with Crippen LogP contribution in [-0.4, -0.2) is 68.3 Å². The molecule has 0 bridgehead atoms. The number of benzene rings is 2. The Hall–Kier alpha value is -6.95. The zero-order chi connectivity index (χ0) is 41.9. The Labute approximate surface area is 333 Å². The molecule has 2 aromatic carbocycles. The summed E-state index contributed by atoms with van der Waals surface area (Å²) in [5.41, 5.74) is 1.37. The van der Waals surface area contributed by atoms with Gasteiger partial charge in [0.05, 0.1) is 41.6 Å². The van der Waals surface area contributed by atoms with Crippen molar-refractivity contribution in [3.05, 3.63) is 97.6 Å². The Bertz CT molecular complexity index is 2640. The number of anilines is 1. The number of ether oxygens (including phenoxy) is 2. The van der Waals surface area contributed by atoms with E-state index >= 15 is 4.39 Å². The second-order valence-corrected chi connectivity index (χ2v) is 14.7. The maximum absolute atomic E-state index is 15.3. The van der Waals surface area contributed by atoms with Gasteiger partial charge < -0.3 is 40.2 Å². The maximum Gasteiger partial charge on any atom is 0.407 e. The van der Waals surface area contributed by atoms with E-state index in [-0.39, 0.29) is 56.0 Å². The highest BCUT2D eigenvalue weighted by atomic mass is 19.1. The number of hydrogen-bond acceptors (Lipinski definition) is 12. The molecule has 2 atom stereocenters. The third-order valence-corrected chi connectivity index (χ3v) is 11.3. The van der Waals surface area contributed by atoms with Crippen LogP contribution in [0.3, 0.4) is 0 Å². The van der Waals surface area contributed by atoms with Crippen LogP contribution in [0.1, 0.15) is 71.2 Å². The average molecular weight is 808 g/mol. The van der Waals surface area contributed by atoms with Gasteiger partial charge in [-0.1, -0.05) is 24.8 Å². The number of cyclic esters (lactones) is 1. The van der Waals surface area contributed by atoms with Crippen molar-refractivity contribution in [1.82, 2.24) is 25.1 Å². The zero-order valence-corrected chi connectivity index (χ0v) is 31.7. The van der Waals surface area contributed by atoms with Crippen LogP contribution in [-0.2, 0) is 65.2 Å². The molecule has 5 heterocycles. The number of aromatic nitrogens is 2. The van der Waals surface area contributed by atoms with Crippen molar-refractivity contribution >= 4 is 52.3 Å². The van der Waals surface area contributed by atoms with Gasteiger partial charge in [0.2, 0.25) is 11.8 Å². The molecule has 3 aliphatic heterocycles. The molecule has 59 heavy (non-hydrogen) atoms. The number of aliphatic hydroxyl groups is 1. The molecule has 0 saturated heterocycles. The summed E-state index contributed by atoms with van der Waals surface area (Å²) >= 11 is 0. The van der Waals surface area contributed by atoms with Crippen molar-refractivity contribution in [2.75, 3.05) is 18.4 Å². The molecule has 4 aliphatic rings. The minimum atomic E-state index is -2.04. The molecule has 304 valence electrons. The predicted octanol–water partition coefficient (Wildman–Crippen LogP) is 1.88. The molecule has 0 saturated carbocycles. The number of pyridine rings is 2. The molecular weight excluding hydrogens is 771 g/mol. The van der Waals surface area contributed by atoms with Crippen LogP contribution in [0.5, 0.6) is 5.75 Å². The summed E-state index contributed by atoms with van der Waals surface area (Å²) in [6.07, 6.45) is 1.84. The van der Waals surface area contributed by atoms with Crippen molar-refractivity contribution in [2.45, 2.75) is 70.9 Å². The Kier molecular flexibility index (Phi) is 9.74. The van der Waals surface area contributed by atoms with E-state index in [1.807, 2.05) is 0 Å². The van der Waals surface area contributed by atoms with Gasteiger partial charge in [-0.25, -0.2) is 19.0 Å². The number of aryl methyl sites for hydroxylation is 1. The normalized spacial score (nSPS) is 18.6. The predicted molar refractivity (Wildman–Crippen MR) is 202 cm³/mol. The zero-order valence-electron chi connectivity index (χ0n) is 31.7. The standard InChI is InChI=1S/C41H37FN6O11/c1-3-41(57)24-13-29-37-22(16-48(29)38(54)23(24)18-58-39(41)55)36-26(6-5-21-19(2)25(42)14-28(45-37)35(21)36)46-40(56)59-17-20-4-7-30(49)27(12-20)44-32(51)15-43-31(50)10-11-47-33(52)8-9-34(47)53/h4,7-9,12-14,26,49,57H,3,5-6,10-11,15-18H2,1-2H3,(H,43,50)(H,44,51)(H,46,56)/p-1/t26-,41-/m0/s1. The van der Waals surface area contributed by atoms with E-state index in [9.17, 15) is 43.8 Å². The minimum Gasteiger partial charge on any atom is -0.871 e. The third-order valence-electron chi connectivity index (χ3n) is 11.3. The first-order chi connectivity index (χ1) is 28.2. The van der Waals surface area contributed by atoms with E-state index < -0.39 is 71.0 Å². The van der Waals surface area contributed by atoms with E-state index in [1.54, 1.807) is 19.9 Å². The fourth-order valence-corrected chi connectivity index (χ4v) is 8.12. The highest BCUT2D eigenvalue weighted by molar-refractivity contribution is 6.13. The number of hydrogen-bond donors (Lipinski definition) is 4. The van der Waals surface area contributed by atoms with Gasteiger partial charge in [0.25, 0.3) is 17.4 Å². The second kappa shape index (κ2) is 14.8. The van der Waals surface area contributed by atoms with Gasteiger partial charge in [-0.3, -0.25) is 28.9 Å². The molecule has 1 aliphatic carbocycles. The molecule has 0 unspecified atom stereocenters. The summed E-state index contributed by atoms with van der Waals surface area (Å²) in [4.78, 5) is 93.8. The van der Waals surface area contributed by atoms with E-state index in [0.29, 0.717) is 57.4 Å². The van der Waals surface area contributed by atoms with Gasteiger partial charge >= 0.3 is 12.1 Å². The molecule has 4 aromatic rings. The highest BCUT2D eigenvalue weighted by Gasteiger charge is 2.46. The number of fused-ring (bicyclic) bond motifs is 5. The quantitative estimate of drug-likeness (QED) is 0.117. The average Bonchev–Trinajstić information content (AvgIpc) is 3.75. The Morgan fingerprint density at radius 3 is 2.58 bits per heavy atom. The van der Waals surface area contributed by atoms with Gasteiger partial charge in [-0.15, -0.1) is 0 Å². The molecule has 0 fully saturated rings. The summed E-state index contributed by atoms with van der Waals surface area (Å²) in [7, 11) is 0. The summed E-state index contributed by atoms with van der Waals surface area (Å²) in [5, 5.41) is 32.2. The second-order valence-electron chi connectivity index (χ2n) is 14.7. The maximum atomic E-state index is 15.3. The van der Waals surface area contributed by atoms with Crippen LogP contribution in [0.2, 0.25) is 0 Å². The van der Waals surface area contributed by atoms with Gasteiger partial charge in [-0.05, 0) is 60.6 Å². The number of imide groups is 1. The molecule has 2 aromatic heterocycles. The van der Waals surface area contributed by atoms with Crippen LogP contribution in [0.25, 0.3) is 22.3 Å². The van der Waals surface area contributed by atoms with E-state index in [1.165, 1.54) is 28.8 Å². The summed E-state index contributed by atoms with van der Waals surface area (Å²) in [6.45, 7) is 2.04. The molecule has 18 heteroatoms. The van der Waals surface area contributed by atoms with Gasteiger partial charge in [0.1, 0.15) is 19.0 Å². The number of alkyl carbamates (subject to hydrolysis) is 1. The first-order valence-corrected chi connectivity index (χ1v) is 18.8. The van der Waals surface area contributed by atoms with Crippen molar-refractivity contribution in [1.29, 1.82) is 0 Å². The smallest absolute Gasteiger partial charge is 0.407 e. The molecule has 0 radical (unpaired) electrons. The number of rotatable bonds is 10. The SMILES string of the molecule is CC[C@@]1(O)C(=O)OCc2c1cc1n(c2=O)Cc2c-1nc1cc(F)c(C)c3c1c2[C@@H](NC(=O)OCc1ccc([O-])c(NC(=O)CNC(=O)CCN2C(=O)C=CC2=O)c1)CC3. The summed E-state index contributed by atoms with van der Waals surface area (Å²) in [5.74, 6) is -4.27. The number of carbonyl (C=O) groups is 6. The van der Waals surface area contributed by atoms with Crippen LogP contribution in [0.15, 0.2) is 47.3 Å². The van der Waals surface area contributed by atoms with Crippen molar-refractivity contribution < 1.29 is 52.8 Å². The van der Waals surface area contributed by atoms with E-state index in [0.717, 1.165) is 22.6 Å². The number of nitrogens with zero attached hydrogens (tertiary/aromatic N) is 3. The summed E-state index contributed by atoms with van der Waals surface area (Å²) in [6, 6.07) is 6.13. The fourth-order valence-electron chi connectivity index (χ4n) is 8.12. The molecule has 5 amide bonds. The van der Waals surface area contributed by atoms with Gasteiger partial charge in [0.15, 0.2) is 5.60 Å². The van der Waals surface area contributed by atoms with Crippen LogP contribution < -0.4 is 26.6 Å². The van der Waals surface area contributed by atoms with Crippen molar-refractivity contribution in [3.63, 3.8) is 0 Å². The van der Waals surface area contributed by atoms with Crippen LogP contribution >= 0.6 is 0 Å². The Balaban J connectivity index is 0.982. The fraction of sp³-hybridized carbons (Fsp3) is 0.317. The minimum absolute atomic E-state index is 0.0434. The number of nitrogens with one attached hydrogen (secondary N) is 3. The summed E-state index contributed by atoms with van der Waals surface area (Å²) < 4.78 is 27.5. The first-order valence-electron chi connectivity index (χ1n) is 18.8. The number of halogens is 1. The van der Waals surface area contributed by atoms with Gasteiger partial charge in [0, 0.05) is 53.4 Å². The largest absolute Gasteiger partial charge is 0.871 e. The lowest BCUT2D eigenvalue weighted by molar-refractivity contribution is -0.267. The van der Waals surface area contributed by atoms with Crippen LogP contribution in [0, 0.1) is 12.7 Å². The lowest BCUT2D eigenvalue weighted by Gasteiger charge is -2.31. The lowest BCUT2D eigenvalue weighted by atomic mass is 9.81. The third kappa shape index (κ3) is 6.73. The molecule has 17 nitrogen and oxygen atoms in total. The monoisotopic (exact) mass is 807 g/mol. The lowest BCUT2D eigenvalue weighted by Crippen LogP contribution is -2.44. The van der Waals surface area contributed by atoms with Crippen LogP contribution in [0.4, 0.5) is 14.9 Å². The van der Waals surface area contributed by atoms with E-state index in [4.69, 9.17) is 14.5 Å². The topological polar surface area (TPSA) is 238 Å². The number of carbonyl (C=O) groups excluding carboxylic acids is 6. The van der Waals surface area contributed by atoms with Gasteiger partial charge in [-0.2, -0.15) is 0 Å². The first kappa shape index (κ1) is 38.9. The highest BCUT2D eigenvalue weighted by Crippen LogP contribution is 2.46.